The lowest BCUT2D eigenvalue weighted by atomic mass is 10.0. The summed E-state index contributed by atoms with van der Waals surface area (Å²) in [6, 6.07) is 0. The molecule has 0 bridgehead atoms. The van der Waals surface area contributed by atoms with Crippen LogP contribution in [0.5, 0.6) is 0 Å². The van der Waals surface area contributed by atoms with Gasteiger partial charge in [0.15, 0.2) is 0 Å². The molecule has 0 unspecified atom stereocenters. The van der Waals surface area contributed by atoms with Gasteiger partial charge in [-0.3, -0.25) is 9.78 Å². The summed E-state index contributed by atoms with van der Waals surface area (Å²) in [6.07, 6.45) is 5.24. The van der Waals surface area contributed by atoms with Crippen molar-refractivity contribution < 1.29 is 4.79 Å². The van der Waals surface area contributed by atoms with Gasteiger partial charge in [0, 0.05) is 11.9 Å². The zero-order valence-electron chi connectivity index (χ0n) is 8.33. The number of halogens is 1. The third kappa shape index (κ3) is 2.78. The average Bonchev–Trinajstić information content (AvgIpc) is 2.81. The molecule has 0 aliphatic heterocycles. The molecule has 82 valence electrons. The first-order valence-electron chi connectivity index (χ1n) is 4.98. The zero-order valence-corrected chi connectivity index (χ0v) is 10.7. The van der Waals surface area contributed by atoms with Gasteiger partial charge in [-0.25, -0.2) is 0 Å². The number of nitrogens with zero attached hydrogens (tertiary/aromatic N) is 1. The fraction of sp³-hybridized carbons (Fsp3) is 0.600. The van der Waals surface area contributed by atoms with E-state index in [1.807, 2.05) is 0 Å². The molecular formula is C10H13BrN2OS. The molecule has 1 saturated carbocycles. The second-order valence-corrected chi connectivity index (χ2v) is 5.67. The van der Waals surface area contributed by atoms with Gasteiger partial charge >= 0.3 is 0 Å². The Balaban J connectivity index is 1.81. The van der Waals surface area contributed by atoms with Crippen molar-refractivity contribution in [2.45, 2.75) is 19.3 Å². The molecule has 0 radical (unpaired) electrons. The van der Waals surface area contributed by atoms with E-state index in [2.05, 4.69) is 26.2 Å². The van der Waals surface area contributed by atoms with Crippen LogP contribution in [-0.4, -0.2) is 22.8 Å². The van der Waals surface area contributed by atoms with Gasteiger partial charge in [-0.1, -0.05) is 15.9 Å². The van der Waals surface area contributed by atoms with Crippen LogP contribution in [0, 0.1) is 5.41 Å². The van der Waals surface area contributed by atoms with Crippen LogP contribution in [0.2, 0.25) is 0 Å². The number of hydrogen-bond acceptors (Lipinski definition) is 3. The molecule has 0 aromatic carbocycles. The molecule has 1 amide bonds. The summed E-state index contributed by atoms with van der Waals surface area (Å²) < 4.78 is 0. The van der Waals surface area contributed by atoms with E-state index in [4.69, 9.17) is 0 Å². The van der Waals surface area contributed by atoms with E-state index in [0.717, 1.165) is 18.3 Å². The predicted molar refractivity (Wildman–Crippen MR) is 64.5 cm³/mol. The second kappa shape index (κ2) is 4.61. The molecule has 1 fully saturated rings. The number of aromatic nitrogens is 1. The van der Waals surface area contributed by atoms with Gasteiger partial charge in [0.2, 0.25) is 0 Å². The first kappa shape index (κ1) is 11.1. The van der Waals surface area contributed by atoms with Crippen LogP contribution < -0.4 is 5.32 Å². The average molecular weight is 289 g/mol. The molecule has 1 aromatic rings. The number of nitrogens with one attached hydrogen (secondary N) is 1. The zero-order chi connectivity index (χ0) is 10.7. The van der Waals surface area contributed by atoms with Crippen molar-refractivity contribution in [3.63, 3.8) is 0 Å². The Morgan fingerprint density at radius 3 is 3.00 bits per heavy atom. The lowest BCUT2D eigenvalue weighted by Gasteiger charge is -2.13. The van der Waals surface area contributed by atoms with Crippen molar-refractivity contribution in [2.24, 2.45) is 5.41 Å². The lowest BCUT2D eigenvalue weighted by Crippen LogP contribution is -2.29. The summed E-state index contributed by atoms with van der Waals surface area (Å²) in [7, 11) is 0. The van der Waals surface area contributed by atoms with Crippen LogP contribution >= 0.6 is 27.3 Å². The van der Waals surface area contributed by atoms with E-state index >= 15 is 0 Å². The van der Waals surface area contributed by atoms with Gasteiger partial charge in [-0.05, 0) is 24.7 Å². The normalized spacial score (nSPS) is 17.4. The Labute approximate surface area is 101 Å². The Bertz CT molecular complexity index is 335. The molecule has 1 heterocycles. The third-order valence-electron chi connectivity index (χ3n) is 2.86. The molecule has 1 aliphatic rings. The molecule has 5 heteroatoms. The first-order valence-corrected chi connectivity index (χ1v) is 6.99. The van der Waals surface area contributed by atoms with Crippen molar-refractivity contribution in [1.82, 2.24) is 10.3 Å². The van der Waals surface area contributed by atoms with E-state index in [1.165, 1.54) is 24.2 Å². The van der Waals surface area contributed by atoms with Crippen molar-refractivity contribution in [3.8, 4) is 0 Å². The highest BCUT2D eigenvalue weighted by Gasteiger charge is 2.41. The number of hydrogen-bond donors (Lipinski definition) is 1. The Kier molecular flexibility index (Phi) is 3.41. The molecule has 1 N–H and O–H groups in total. The molecule has 1 aliphatic carbocycles. The van der Waals surface area contributed by atoms with Gasteiger partial charge in [-0.15, -0.1) is 11.3 Å². The van der Waals surface area contributed by atoms with Crippen LogP contribution in [-0.2, 0) is 0 Å². The fourth-order valence-corrected chi connectivity index (χ4v) is 2.95. The van der Waals surface area contributed by atoms with E-state index < -0.39 is 0 Å². The van der Waals surface area contributed by atoms with Crippen molar-refractivity contribution in [1.29, 1.82) is 0 Å². The molecule has 3 nitrogen and oxygen atoms in total. The number of rotatable bonds is 5. The van der Waals surface area contributed by atoms with Gasteiger partial charge < -0.3 is 5.32 Å². The summed E-state index contributed by atoms with van der Waals surface area (Å²) in [4.78, 5) is 16.2. The quantitative estimate of drug-likeness (QED) is 0.846. The number of amides is 1. The molecule has 2 rings (SSSR count). The number of thiazole rings is 1. The van der Waals surface area contributed by atoms with E-state index in [-0.39, 0.29) is 5.91 Å². The number of carbonyl (C=O) groups excluding carboxylic acids is 1. The molecule has 0 saturated heterocycles. The maximum absolute atomic E-state index is 11.6. The van der Waals surface area contributed by atoms with Crippen LogP contribution in [0.25, 0.3) is 0 Å². The van der Waals surface area contributed by atoms with Crippen LogP contribution in [0.4, 0.5) is 0 Å². The van der Waals surface area contributed by atoms with Crippen molar-refractivity contribution >= 4 is 33.2 Å². The maximum atomic E-state index is 11.6. The minimum absolute atomic E-state index is 0.0124. The standard InChI is InChI=1S/C10H13BrN2OS/c11-4-3-10(1-2-10)6-13-9(14)8-5-12-7-15-8/h5,7H,1-4,6H2,(H,13,14). The SMILES string of the molecule is O=C(NCC1(CCBr)CC1)c1cncs1. The van der Waals surface area contributed by atoms with Crippen molar-refractivity contribution in [3.05, 3.63) is 16.6 Å². The smallest absolute Gasteiger partial charge is 0.263 e. The second-order valence-electron chi connectivity index (χ2n) is 3.99. The highest BCUT2D eigenvalue weighted by Crippen LogP contribution is 2.48. The van der Waals surface area contributed by atoms with Gasteiger partial charge in [0.05, 0.1) is 11.7 Å². The summed E-state index contributed by atoms with van der Waals surface area (Å²) in [5.41, 5.74) is 2.06. The van der Waals surface area contributed by atoms with E-state index in [0.29, 0.717) is 10.3 Å². The summed E-state index contributed by atoms with van der Waals surface area (Å²) in [6.45, 7) is 0.801. The van der Waals surface area contributed by atoms with Crippen LogP contribution in [0.15, 0.2) is 11.7 Å². The molecular weight excluding hydrogens is 276 g/mol. The lowest BCUT2D eigenvalue weighted by molar-refractivity contribution is 0.0948. The van der Waals surface area contributed by atoms with Crippen LogP contribution in [0.3, 0.4) is 0 Å². The minimum atomic E-state index is 0.0124. The molecule has 0 atom stereocenters. The summed E-state index contributed by atoms with van der Waals surface area (Å²) in [5.74, 6) is 0.0124. The van der Waals surface area contributed by atoms with Gasteiger partial charge in [-0.2, -0.15) is 0 Å². The third-order valence-corrected chi connectivity index (χ3v) is 4.03. The monoisotopic (exact) mass is 288 g/mol. The number of alkyl halides is 1. The maximum Gasteiger partial charge on any atom is 0.263 e. The van der Waals surface area contributed by atoms with Crippen molar-refractivity contribution in [2.75, 3.05) is 11.9 Å². The molecule has 15 heavy (non-hydrogen) atoms. The van der Waals surface area contributed by atoms with Gasteiger partial charge in [0.25, 0.3) is 5.91 Å². The highest BCUT2D eigenvalue weighted by molar-refractivity contribution is 9.09. The first-order chi connectivity index (χ1) is 7.26. The summed E-state index contributed by atoms with van der Waals surface area (Å²) in [5, 5.41) is 4.00. The van der Waals surface area contributed by atoms with E-state index in [1.54, 1.807) is 11.7 Å². The summed E-state index contributed by atoms with van der Waals surface area (Å²) >= 11 is 4.83. The Morgan fingerprint density at radius 2 is 2.47 bits per heavy atom. The highest BCUT2D eigenvalue weighted by atomic mass is 79.9. The molecule has 0 spiro atoms. The van der Waals surface area contributed by atoms with E-state index in [9.17, 15) is 4.79 Å². The number of carbonyl (C=O) groups is 1. The largest absolute Gasteiger partial charge is 0.351 e. The van der Waals surface area contributed by atoms with Gasteiger partial charge in [0.1, 0.15) is 4.88 Å². The predicted octanol–water partition coefficient (Wildman–Crippen LogP) is 2.44. The minimum Gasteiger partial charge on any atom is -0.351 e. The molecule has 1 aromatic heterocycles. The fourth-order valence-electron chi connectivity index (χ4n) is 1.58. The topological polar surface area (TPSA) is 42.0 Å². The van der Waals surface area contributed by atoms with Crippen LogP contribution in [0.1, 0.15) is 28.9 Å². The Hall–Kier alpha value is -0.420. The Morgan fingerprint density at radius 1 is 1.67 bits per heavy atom.